The Hall–Kier alpha value is -2.68. The molecule has 3 rings (SSSR count). The van der Waals surface area contributed by atoms with Crippen LogP contribution < -0.4 is 15.2 Å². The zero-order valence-corrected chi connectivity index (χ0v) is 15.8. The van der Waals surface area contributed by atoms with Gasteiger partial charge < -0.3 is 15.2 Å². The summed E-state index contributed by atoms with van der Waals surface area (Å²) in [6, 6.07) is 5.88. The number of carbonyl (C=O) groups is 1. The summed E-state index contributed by atoms with van der Waals surface area (Å²) in [4.78, 5) is 13.6. The molecule has 146 valence electrons. The number of aromatic nitrogens is 4. The number of nitrogens with two attached hydrogens (primary N) is 1. The van der Waals surface area contributed by atoms with Gasteiger partial charge >= 0.3 is 0 Å². The van der Waals surface area contributed by atoms with Crippen LogP contribution in [0.2, 0.25) is 0 Å². The number of likely N-dealkylation sites (tertiary alicyclic amines) is 1. The number of tetrazole rings is 1. The van der Waals surface area contributed by atoms with Crippen LogP contribution >= 0.6 is 0 Å². The lowest BCUT2D eigenvalue weighted by Gasteiger charge is -2.29. The van der Waals surface area contributed by atoms with Crippen molar-refractivity contribution in [3.05, 3.63) is 29.6 Å². The van der Waals surface area contributed by atoms with Crippen molar-refractivity contribution in [2.75, 3.05) is 27.3 Å². The van der Waals surface area contributed by atoms with Crippen LogP contribution in [0.15, 0.2) is 18.2 Å². The highest BCUT2D eigenvalue weighted by atomic mass is 16.5. The summed E-state index contributed by atoms with van der Waals surface area (Å²) in [5, 5.41) is 12.1. The SMILES string of the molecule is COc1ccc(CCn2nnnc2CN2CCC(C(N)=O)CC2)cc1OC. The fourth-order valence-electron chi connectivity index (χ4n) is 3.36. The first kappa shape index (κ1) is 19.1. The van der Waals surface area contributed by atoms with Gasteiger partial charge in [0, 0.05) is 12.5 Å². The van der Waals surface area contributed by atoms with Crippen LogP contribution in [0.1, 0.15) is 24.2 Å². The maximum Gasteiger partial charge on any atom is 0.220 e. The topological polar surface area (TPSA) is 108 Å². The molecule has 2 heterocycles. The van der Waals surface area contributed by atoms with Crippen molar-refractivity contribution in [2.24, 2.45) is 11.7 Å². The van der Waals surface area contributed by atoms with Gasteiger partial charge in [-0.05, 0) is 60.5 Å². The van der Waals surface area contributed by atoms with E-state index in [0.29, 0.717) is 24.6 Å². The Bertz CT molecular complexity index is 770. The smallest absolute Gasteiger partial charge is 0.220 e. The Morgan fingerprint density at radius 1 is 1.22 bits per heavy atom. The van der Waals surface area contributed by atoms with Gasteiger partial charge in [0.1, 0.15) is 0 Å². The second-order valence-corrected chi connectivity index (χ2v) is 6.71. The predicted octanol–water partition coefficient (Wildman–Crippen LogP) is 0.630. The molecule has 1 saturated heterocycles. The number of piperidine rings is 1. The molecule has 0 spiro atoms. The molecule has 0 atom stereocenters. The van der Waals surface area contributed by atoms with Gasteiger partial charge in [-0.1, -0.05) is 6.07 Å². The van der Waals surface area contributed by atoms with Crippen molar-refractivity contribution in [3.8, 4) is 11.5 Å². The van der Waals surface area contributed by atoms with E-state index in [1.807, 2.05) is 22.9 Å². The average molecular weight is 374 g/mol. The molecular weight excluding hydrogens is 348 g/mol. The zero-order valence-electron chi connectivity index (χ0n) is 15.8. The molecule has 0 radical (unpaired) electrons. The Kier molecular flexibility index (Phi) is 6.23. The Morgan fingerprint density at radius 2 is 1.96 bits per heavy atom. The summed E-state index contributed by atoms with van der Waals surface area (Å²) in [7, 11) is 3.25. The number of benzene rings is 1. The van der Waals surface area contributed by atoms with Gasteiger partial charge in [-0.2, -0.15) is 0 Å². The van der Waals surface area contributed by atoms with Gasteiger partial charge in [-0.3, -0.25) is 9.69 Å². The van der Waals surface area contributed by atoms with Crippen LogP contribution in [-0.4, -0.2) is 58.3 Å². The molecule has 2 aromatic rings. The minimum atomic E-state index is -0.200. The number of methoxy groups -OCH3 is 2. The standard InChI is InChI=1S/C18H26N6O3/c1-26-15-4-3-13(11-16(15)27-2)5-10-24-17(20-21-22-24)12-23-8-6-14(7-9-23)18(19)25/h3-4,11,14H,5-10,12H2,1-2H3,(H2,19,25). The van der Waals surface area contributed by atoms with E-state index in [1.165, 1.54) is 0 Å². The van der Waals surface area contributed by atoms with E-state index in [-0.39, 0.29) is 11.8 Å². The van der Waals surface area contributed by atoms with E-state index in [2.05, 4.69) is 20.4 Å². The molecule has 0 saturated carbocycles. The van der Waals surface area contributed by atoms with Gasteiger partial charge in [0.05, 0.1) is 20.8 Å². The molecule has 2 N–H and O–H groups in total. The summed E-state index contributed by atoms with van der Waals surface area (Å²) in [6.07, 6.45) is 2.37. The third kappa shape index (κ3) is 4.73. The molecule has 9 nitrogen and oxygen atoms in total. The number of hydrogen-bond acceptors (Lipinski definition) is 7. The number of carbonyl (C=O) groups excluding carboxylic acids is 1. The first-order chi connectivity index (χ1) is 13.1. The third-order valence-corrected chi connectivity index (χ3v) is 5.02. The van der Waals surface area contributed by atoms with E-state index in [9.17, 15) is 4.79 Å². The quantitative estimate of drug-likeness (QED) is 0.722. The number of aryl methyl sites for hydroxylation is 2. The maximum absolute atomic E-state index is 11.3. The van der Waals surface area contributed by atoms with Crippen LogP contribution in [0.3, 0.4) is 0 Å². The molecule has 0 bridgehead atoms. The minimum Gasteiger partial charge on any atom is -0.493 e. The number of amides is 1. The number of nitrogens with zero attached hydrogens (tertiary/aromatic N) is 5. The number of hydrogen-bond donors (Lipinski definition) is 1. The highest BCUT2D eigenvalue weighted by molar-refractivity contribution is 5.76. The Labute approximate surface area is 158 Å². The molecule has 1 aromatic carbocycles. The van der Waals surface area contributed by atoms with Gasteiger partial charge in [-0.25, -0.2) is 4.68 Å². The van der Waals surface area contributed by atoms with E-state index in [0.717, 1.165) is 43.7 Å². The lowest BCUT2D eigenvalue weighted by Crippen LogP contribution is -2.38. The summed E-state index contributed by atoms with van der Waals surface area (Å²) in [5.41, 5.74) is 6.52. The largest absolute Gasteiger partial charge is 0.493 e. The molecule has 0 unspecified atom stereocenters. The summed E-state index contributed by atoms with van der Waals surface area (Å²) < 4.78 is 12.5. The highest BCUT2D eigenvalue weighted by Gasteiger charge is 2.24. The van der Waals surface area contributed by atoms with Crippen LogP contribution in [0.5, 0.6) is 11.5 Å². The highest BCUT2D eigenvalue weighted by Crippen LogP contribution is 2.27. The number of rotatable bonds is 8. The second kappa shape index (κ2) is 8.81. The van der Waals surface area contributed by atoms with Crippen molar-refractivity contribution >= 4 is 5.91 Å². The first-order valence-corrected chi connectivity index (χ1v) is 9.08. The normalized spacial score (nSPS) is 15.6. The van der Waals surface area contributed by atoms with Gasteiger partial charge in [0.15, 0.2) is 17.3 Å². The lowest BCUT2D eigenvalue weighted by atomic mass is 9.96. The van der Waals surface area contributed by atoms with Gasteiger partial charge in [0.25, 0.3) is 0 Å². The molecule has 1 amide bonds. The van der Waals surface area contributed by atoms with Crippen LogP contribution in [0.4, 0.5) is 0 Å². The summed E-state index contributed by atoms with van der Waals surface area (Å²) in [6.45, 7) is 3.01. The Balaban J connectivity index is 1.57. The molecule has 0 aliphatic carbocycles. The summed E-state index contributed by atoms with van der Waals surface area (Å²) >= 11 is 0. The van der Waals surface area contributed by atoms with Gasteiger partial charge in [0.2, 0.25) is 5.91 Å². The average Bonchev–Trinajstić information content (AvgIpc) is 3.13. The summed E-state index contributed by atoms with van der Waals surface area (Å²) in [5.74, 6) is 2.04. The molecule has 1 aromatic heterocycles. The molecule has 1 fully saturated rings. The minimum absolute atomic E-state index is 0.0118. The zero-order chi connectivity index (χ0) is 19.2. The van der Waals surface area contributed by atoms with Crippen molar-refractivity contribution < 1.29 is 14.3 Å². The van der Waals surface area contributed by atoms with Crippen molar-refractivity contribution in [2.45, 2.75) is 32.4 Å². The van der Waals surface area contributed by atoms with Crippen LogP contribution in [-0.2, 0) is 24.3 Å². The van der Waals surface area contributed by atoms with Crippen molar-refractivity contribution in [3.63, 3.8) is 0 Å². The van der Waals surface area contributed by atoms with Crippen molar-refractivity contribution in [1.29, 1.82) is 0 Å². The molecule has 27 heavy (non-hydrogen) atoms. The maximum atomic E-state index is 11.3. The lowest BCUT2D eigenvalue weighted by molar-refractivity contribution is -0.123. The van der Waals surface area contributed by atoms with E-state index >= 15 is 0 Å². The molecule has 1 aliphatic rings. The van der Waals surface area contributed by atoms with E-state index < -0.39 is 0 Å². The monoisotopic (exact) mass is 374 g/mol. The van der Waals surface area contributed by atoms with E-state index in [4.69, 9.17) is 15.2 Å². The molecule has 9 heteroatoms. The first-order valence-electron chi connectivity index (χ1n) is 9.08. The van der Waals surface area contributed by atoms with Gasteiger partial charge in [-0.15, -0.1) is 5.10 Å². The fourth-order valence-corrected chi connectivity index (χ4v) is 3.36. The van der Waals surface area contributed by atoms with Crippen LogP contribution in [0, 0.1) is 5.92 Å². The van der Waals surface area contributed by atoms with E-state index in [1.54, 1.807) is 14.2 Å². The second-order valence-electron chi connectivity index (χ2n) is 6.71. The third-order valence-electron chi connectivity index (χ3n) is 5.02. The Morgan fingerprint density at radius 3 is 2.63 bits per heavy atom. The predicted molar refractivity (Wildman–Crippen MR) is 98.3 cm³/mol. The number of ether oxygens (including phenoxy) is 2. The van der Waals surface area contributed by atoms with Crippen molar-refractivity contribution in [1.82, 2.24) is 25.1 Å². The molecular formula is C18H26N6O3. The van der Waals surface area contributed by atoms with Crippen LogP contribution in [0.25, 0.3) is 0 Å². The number of primary amides is 1. The fraction of sp³-hybridized carbons (Fsp3) is 0.556. The molecule has 1 aliphatic heterocycles.